The highest BCUT2D eigenvalue weighted by atomic mass is 19.4. The molecule has 0 radical (unpaired) electrons. The summed E-state index contributed by atoms with van der Waals surface area (Å²) in [6.07, 6.45) is -6.02. The van der Waals surface area contributed by atoms with Gasteiger partial charge in [0.15, 0.2) is 23.8 Å². The minimum absolute atomic E-state index is 0.0626. The minimum Gasteiger partial charge on any atom is -0.618 e. The molecule has 2 aliphatic carbocycles. The van der Waals surface area contributed by atoms with Crippen LogP contribution in [0.25, 0.3) is 0 Å². The molecule has 2 unspecified atom stereocenters. The Bertz CT molecular complexity index is 2080. The van der Waals surface area contributed by atoms with Crippen LogP contribution < -0.4 is 20.1 Å². The Kier molecular flexibility index (Phi) is 14.6. The van der Waals surface area contributed by atoms with Crippen LogP contribution >= 0.6 is 0 Å². The largest absolute Gasteiger partial charge is 0.618 e. The number of rotatable bonds is 7. The fourth-order valence-electron chi connectivity index (χ4n) is 10.1. The fourth-order valence-corrected chi connectivity index (χ4v) is 10.1. The number of hydrogen-bond acceptors (Lipinski definition) is 10. The van der Waals surface area contributed by atoms with Crippen molar-refractivity contribution < 1.29 is 69.9 Å². The lowest BCUT2D eigenvalue weighted by atomic mass is 9.78. The van der Waals surface area contributed by atoms with Crippen molar-refractivity contribution in [3.05, 3.63) is 68.6 Å². The summed E-state index contributed by atoms with van der Waals surface area (Å²) in [5, 5.41) is 51.7. The zero-order chi connectivity index (χ0) is 47.9. The number of pyridine rings is 2. The second-order valence-corrected chi connectivity index (χ2v) is 19.2. The Balaban J connectivity index is 0.000000215. The second-order valence-electron chi connectivity index (χ2n) is 19.2. The van der Waals surface area contributed by atoms with Gasteiger partial charge in [-0.05, 0) is 98.1 Å². The van der Waals surface area contributed by atoms with Gasteiger partial charge in [-0.2, -0.15) is 35.8 Å². The fraction of sp³-hybridized carbons (Fsp3) is 0.705. The molecule has 2 aromatic rings. The number of amides is 3. The van der Waals surface area contributed by atoms with Crippen molar-refractivity contribution in [2.24, 2.45) is 10.8 Å². The van der Waals surface area contributed by atoms with E-state index in [1.807, 2.05) is 0 Å². The van der Waals surface area contributed by atoms with Gasteiger partial charge in [0.1, 0.15) is 16.7 Å². The van der Waals surface area contributed by atoms with Crippen molar-refractivity contribution in [1.29, 1.82) is 0 Å². The third-order valence-corrected chi connectivity index (χ3v) is 13.6. The van der Waals surface area contributed by atoms with Gasteiger partial charge in [-0.25, -0.2) is 4.79 Å². The summed E-state index contributed by atoms with van der Waals surface area (Å²) in [6.45, 7) is 9.89. The first kappa shape index (κ1) is 50.0. The van der Waals surface area contributed by atoms with Gasteiger partial charge < -0.3 is 50.5 Å². The average Bonchev–Trinajstić information content (AvgIpc) is 3.85. The number of hydrogen-bond donors (Lipinski definition) is 4. The number of fused-ring (bicyclic) bond motifs is 2. The van der Waals surface area contributed by atoms with E-state index in [1.54, 1.807) is 27.7 Å². The van der Waals surface area contributed by atoms with Crippen molar-refractivity contribution in [2.75, 3.05) is 26.3 Å². The van der Waals surface area contributed by atoms with E-state index in [-0.39, 0.29) is 89.4 Å². The number of ether oxygens (including phenoxy) is 2. The molecule has 3 amide bonds. The molecule has 5 aliphatic rings. The van der Waals surface area contributed by atoms with Crippen LogP contribution in [-0.2, 0) is 57.3 Å². The first-order chi connectivity index (χ1) is 30.2. The van der Waals surface area contributed by atoms with Crippen molar-refractivity contribution in [2.45, 2.75) is 160 Å². The number of carbonyl (C=O) groups excluding carboxylic acids is 3. The van der Waals surface area contributed by atoms with E-state index in [1.165, 1.54) is 16.7 Å². The van der Waals surface area contributed by atoms with Gasteiger partial charge in [0, 0.05) is 55.6 Å². The predicted octanol–water partition coefficient (Wildman–Crippen LogP) is 4.58. The molecule has 2 aromatic heterocycles. The number of aliphatic hydroxyl groups is 2. The molecule has 0 spiro atoms. The monoisotopic (exact) mass is 930 g/mol. The number of alkyl halides is 6. The highest BCUT2D eigenvalue weighted by Crippen LogP contribution is 2.46. The van der Waals surface area contributed by atoms with Gasteiger partial charge >= 0.3 is 18.4 Å². The molecule has 21 heteroatoms. The van der Waals surface area contributed by atoms with E-state index < -0.39 is 70.2 Å². The maximum absolute atomic E-state index is 13.6. The number of aromatic nitrogens is 2. The molecule has 2 saturated carbocycles. The summed E-state index contributed by atoms with van der Waals surface area (Å²) in [5.74, 6) is -0.643. The molecular formula is C44H60F6N6O9. The normalized spacial score (nSPS) is 26.0. The molecule has 15 nitrogen and oxygen atoms in total. The van der Waals surface area contributed by atoms with Gasteiger partial charge in [-0.3, -0.25) is 9.59 Å². The smallest absolute Gasteiger partial charge is 0.422 e. The molecular weight excluding hydrogens is 871 g/mol. The van der Waals surface area contributed by atoms with Crippen LogP contribution in [0, 0.1) is 21.2 Å². The van der Waals surface area contributed by atoms with Gasteiger partial charge in [0.05, 0.1) is 49.0 Å². The molecule has 0 bridgehead atoms. The minimum atomic E-state index is -4.68. The summed E-state index contributed by atoms with van der Waals surface area (Å²) in [5.41, 5.74) is -4.12. The summed E-state index contributed by atoms with van der Waals surface area (Å²) in [7, 11) is 0. The first-order valence-corrected chi connectivity index (χ1v) is 22.1. The third kappa shape index (κ3) is 11.2. The molecule has 4 N–H and O–H groups in total. The third-order valence-electron chi connectivity index (χ3n) is 13.6. The Labute approximate surface area is 373 Å². The van der Waals surface area contributed by atoms with E-state index in [4.69, 9.17) is 9.47 Å². The Hall–Kier alpha value is -4.47. The Morgan fingerprint density at radius 3 is 1.60 bits per heavy atom. The lowest BCUT2D eigenvalue weighted by Crippen LogP contribution is -2.52. The van der Waals surface area contributed by atoms with E-state index in [0.717, 1.165) is 31.4 Å². The van der Waals surface area contributed by atoms with Crippen LogP contribution in [0.5, 0.6) is 0 Å². The van der Waals surface area contributed by atoms with Crippen LogP contribution in [0.4, 0.5) is 31.1 Å². The summed E-state index contributed by atoms with van der Waals surface area (Å²) >= 11 is 0. The molecule has 1 saturated heterocycles. The number of halogens is 6. The standard InChI is InChI=1S/C22H30F3N3O5.C22H30F3N3O4/c1-13(29)21(7-5-16(10-21)26-19(31)33-20(2,3)4)18(30)27-8-6-17-14(11-27)9-15(12-28(17)32)22(23,24)25;1-14(29)21(6-2-18(11-21)26-17-4-8-32-9-5-17)20(30)27-7-3-19-15(12-27)10-16(13-28(19)31)22(23,24)25/h9,12-13,16,29H,5-8,10-11H2,1-4H3,(H,26,31);10,13-14,17-18,26,29H,2-9,11-12H2,1H3/t13?,16-,21+;14?,18-,21+/m11/s1. The summed E-state index contributed by atoms with van der Waals surface area (Å²) < 4.78 is 90.1. The second kappa shape index (κ2) is 19.0. The topological polar surface area (TPSA) is 195 Å². The first-order valence-electron chi connectivity index (χ1n) is 22.1. The molecule has 3 fully saturated rings. The summed E-state index contributed by atoms with van der Waals surface area (Å²) in [6, 6.07) is 1.89. The SMILES string of the molecule is CC(O)[C@]1(C(=O)N2CCc3c(cc(C(F)(F)F)c[n+]3[O-])C2)CC[C@@H](NC(=O)OC(C)(C)C)C1.CC(O)[C@]1(C(=O)N2CCc3c(cc(C(F)(F)F)c[n+]3[O-])C2)CC[C@@H](NC2CCOCC2)C1. The summed E-state index contributed by atoms with van der Waals surface area (Å²) in [4.78, 5) is 42.1. The number of carbonyl (C=O) groups is 3. The maximum Gasteiger partial charge on any atom is 0.422 e. The van der Waals surface area contributed by atoms with Crippen LogP contribution in [0.15, 0.2) is 24.5 Å². The predicted molar refractivity (Wildman–Crippen MR) is 219 cm³/mol. The quantitative estimate of drug-likeness (QED) is 0.174. The van der Waals surface area contributed by atoms with Crippen molar-refractivity contribution in [3.8, 4) is 0 Å². The van der Waals surface area contributed by atoms with Crippen LogP contribution in [0.1, 0.15) is 120 Å². The van der Waals surface area contributed by atoms with Gasteiger partial charge in [0.25, 0.3) is 0 Å². The van der Waals surface area contributed by atoms with E-state index in [2.05, 4.69) is 10.6 Å². The van der Waals surface area contributed by atoms with Gasteiger partial charge in [-0.15, -0.1) is 0 Å². The molecule has 362 valence electrons. The Morgan fingerprint density at radius 1 is 0.754 bits per heavy atom. The molecule has 3 aliphatic heterocycles. The van der Waals surface area contributed by atoms with Crippen LogP contribution in [-0.4, -0.2) is 100 Å². The lowest BCUT2D eigenvalue weighted by molar-refractivity contribution is -0.616. The van der Waals surface area contributed by atoms with Crippen molar-refractivity contribution in [3.63, 3.8) is 0 Å². The van der Waals surface area contributed by atoms with E-state index in [9.17, 15) is 61.4 Å². The van der Waals surface area contributed by atoms with Crippen molar-refractivity contribution in [1.82, 2.24) is 20.4 Å². The van der Waals surface area contributed by atoms with E-state index in [0.29, 0.717) is 57.3 Å². The van der Waals surface area contributed by atoms with Crippen LogP contribution in [0.3, 0.4) is 0 Å². The number of nitrogens with zero attached hydrogens (tertiary/aromatic N) is 4. The van der Waals surface area contributed by atoms with Gasteiger partial charge in [0.2, 0.25) is 11.8 Å². The number of aliphatic hydroxyl groups excluding tert-OH is 2. The van der Waals surface area contributed by atoms with E-state index >= 15 is 0 Å². The number of nitrogens with one attached hydrogen (secondary N) is 2. The highest BCUT2D eigenvalue weighted by Gasteiger charge is 2.53. The molecule has 65 heavy (non-hydrogen) atoms. The number of alkyl carbamates (subject to hydrolysis) is 1. The lowest BCUT2D eigenvalue weighted by Gasteiger charge is -2.38. The average molecular weight is 931 g/mol. The maximum atomic E-state index is 13.6. The van der Waals surface area contributed by atoms with Gasteiger partial charge in [-0.1, -0.05) is 0 Å². The molecule has 7 rings (SSSR count). The highest BCUT2D eigenvalue weighted by molar-refractivity contribution is 5.85. The zero-order valence-corrected chi connectivity index (χ0v) is 37.3. The molecule has 6 atom stereocenters. The zero-order valence-electron chi connectivity index (χ0n) is 37.3. The molecule has 0 aromatic carbocycles. The molecule has 5 heterocycles. The van der Waals surface area contributed by atoms with Crippen molar-refractivity contribution >= 4 is 17.9 Å². The van der Waals surface area contributed by atoms with Crippen LogP contribution in [0.2, 0.25) is 0 Å². The Morgan fingerprint density at radius 2 is 1.18 bits per heavy atom.